The largest absolute Gasteiger partial charge is 0.485 e. The number of primary amides is 1. The van der Waals surface area contributed by atoms with Gasteiger partial charge in [0.15, 0.2) is 5.82 Å². The molecule has 7 nitrogen and oxygen atoms in total. The van der Waals surface area contributed by atoms with Crippen LogP contribution in [0.1, 0.15) is 21.7 Å². The number of nitrogens with one attached hydrogen (secondary N) is 1. The molecule has 0 unspecified atom stereocenters. The van der Waals surface area contributed by atoms with E-state index in [2.05, 4.69) is 10.2 Å². The minimum Gasteiger partial charge on any atom is -0.485 e. The summed E-state index contributed by atoms with van der Waals surface area (Å²) in [4.78, 5) is 23.0. The van der Waals surface area contributed by atoms with Crippen LogP contribution in [0.4, 0.5) is 0 Å². The number of hydrogen-bond donors (Lipinski definition) is 2. The zero-order valence-electron chi connectivity index (χ0n) is 14.5. The predicted octanol–water partition coefficient (Wildman–Crippen LogP) is 3.07. The summed E-state index contributed by atoms with van der Waals surface area (Å²) in [6.07, 6.45) is 0. The molecule has 0 saturated heterocycles. The molecule has 0 atom stereocenters. The Kier molecular flexibility index (Phi) is 5.25. The maximum Gasteiger partial charge on any atom is 0.343 e. The zero-order chi connectivity index (χ0) is 19.7. The van der Waals surface area contributed by atoms with Crippen molar-refractivity contribution in [2.45, 2.75) is 13.5 Å². The summed E-state index contributed by atoms with van der Waals surface area (Å²) < 4.78 is 7.24. The maximum absolute atomic E-state index is 11.6. The number of benzene rings is 2. The van der Waals surface area contributed by atoms with E-state index in [0.29, 0.717) is 32.7 Å². The number of ether oxygens (including phenoxy) is 1. The third kappa shape index (κ3) is 3.99. The summed E-state index contributed by atoms with van der Waals surface area (Å²) in [5, 5.41) is 7.16. The highest BCUT2D eigenvalue weighted by Gasteiger charge is 2.14. The fourth-order valence-electron chi connectivity index (χ4n) is 2.54. The molecular formula is C18H16Cl2N4O3. The van der Waals surface area contributed by atoms with Crippen LogP contribution in [0.2, 0.25) is 10.0 Å². The van der Waals surface area contributed by atoms with Crippen molar-refractivity contribution >= 4 is 29.1 Å². The summed E-state index contributed by atoms with van der Waals surface area (Å²) in [7, 11) is 1.59. The topological polar surface area (TPSA) is 103 Å². The number of aryl methyl sites for hydroxylation is 1. The van der Waals surface area contributed by atoms with Crippen LogP contribution in [0.25, 0.3) is 11.1 Å². The SMILES string of the molecule is Cc1cc(OCc2n[nH]c(=O)n2C)c(-c2cc(Cl)cc(C(N)=O)c2)cc1Cl. The number of hydrogen-bond acceptors (Lipinski definition) is 4. The van der Waals surface area contributed by atoms with Crippen molar-refractivity contribution in [3.8, 4) is 16.9 Å². The van der Waals surface area contributed by atoms with Crippen LogP contribution in [0.15, 0.2) is 35.1 Å². The number of aromatic amines is 1. The molecule has 3 rings (SSSR count). The fraction of sp³-hybridized carbons (Fsp3) is 0.167. The number of amides is 1. The average Bonchev–Trinajstić information content (AvgIpc) is 2.93. The molecule has 2 aromatic carbocycles. The summed E-state index contributed by atoms with van der Waals surface area (Å²) in [6, 6.07) is 8.29. The van der Waals surface area contributed by atoms with Gasteiger partial charge in [-0.3, -0.25) is 9.36 Å². The van der Waals surface area contributed by atoms with Crippen LogP contribution in [-0.2, 0) is 13.7 Å². The van der Waals surface area contributed by atoms with Gasteiger partial charge >= 0.3 is 5.69 Å². The molecule has 0 aliphatic rings. The molecule has 9 heteroatoms. The third-order valence-electron chi connectivity index (χ3n) is 4.08. The van der Waals surface area contributed by atoms with Crippen molar-refractivity contribution in [1.82, 2.24) is 14.8 Å². The number of rotatable bonds is 5. The molecule has 3 aromatic rings. The summed E-state index contributed by atoms with van der Waals surface area (Å²) in [5.41, 5.74) is 7.39. The van der Waals surface area contributed by atoms with Crippen LogP contribution >= 0.6 is 23.2 Å². The second-order valence-electron chi connectivity index (χ2n) is 5.98. The van der Waals surface area contributed by atoms with E-state index in [4.69, 9.17) is 33.7 Å². The Morgan fingerprint density at radius 2 is 2.00 bits per heavy atom. The molecule has 1 amide bonds. The van der Waals surface area contributed by atoms with E-state index in [9.17, 15) is 9.59 Å². The molecular weight excluding hydrogens is 391 g/mol. The number of H-pyrrole nitrogens is 1. The molecule has 0 radical (unpaired) electrons. The second-order valence-corrected chi connectivity index (χ2v) is 6.83. The standard InChI is InChI=1S/C18H16Cl2N4O3/c1-9-3-15(27-8-16-22-23-18(26)24(16)2)13(7-14(9)20)10-4-11(17(21)25)6-12(19)5-10/h3-7H,8H2,1-2H3,(H2,21,25)(H,23,26). The highest BCUT2D eigenvalue weighted by Crippen LogP contribution is 2.36. The Balaban J connectivity index is 2.05. The van der Waals surface area contributed by atoms with Crippen molar-refractivity contribution < 1.29 is 9.53 Å². The third-order valence-corrected chi connectivity index (χ3v) is 4.71. The van der Waals surface area contributed by atoms with Gasteiger partial charge in [0.2, 0.25) is 5.91 Å². The molecule has 0 aliphatic heterocycles. The molecule has 1 aromatic heterocycles. The van der Waals surface area contributed by atoms with Crippen molar-refractivity contribution in [3.05, 3.63) is 67.8 Å². The molecule has 0 fully saturated rings. The fourth-order valence-corrected chi connectivity index (χ4v) is 2.94. The van der Waals surface area contributed by atoms with E-state index in [1.165, 1.54) is 10.6 Å². The molecule has 0 bridgehead atoms. The summed E-state index contributed by atoms with van der Waals surface area (Å²) in [6.45, 7) is 1.91. The predicted molar refractivity (Wildman–Crippen MR) is 103 cm³/mol. The van der Waals surface area contributed by atoms with E-state index in [0.717, 1.165) is 5.56 Å². The second kappa shape index (κ2) is 7.46. The van der Waals surface area contributed by atoms with Gasteiger partial charge < -0.3 is 10.5 Å². The molecule has 27 heavy (non-hydrogen) atoms. The lowest BCUT2D eigenvalue weighted by molar-refractivity contribution is 0.100. The Morgan fingerprint density at radius 3 is 2.63 bits per heavy atom. The highest BCUT2D eigenvalue weighted by molar-refractivity contribution is 6.32. The van der Waals surface area contributed by atoms with Gasteiger partial charge in [-0.1, -0.05) is 23.2 Å². The van der Waals surface area contributed by atoms with Crippen LogP contribution in [0.5, 0.6) is 5.75 Å². The summed E-state index contributed by atoms with van der Waals surface area (Å²) >= 11 is 12.4. The van der Waals surface area contributed by atoms with Gasteiger partial charge in [-0.05, 0) is 48.4 Å². The normalized spacial score (nSPS) is 10.8. The first-order chi connectivity index (χ1) is 12.8. The van der Waals surface area contributed by atoms with Crippen LogP contribution in [-0.4, -0.2) is 20.7 Å². The minimum absolute atomic E-state index is 0.0621. The number of carbonyl (C=O) groups excluding carboxylic acids is 1. The molecule has 0 spiro atoms. The maximum atomic E-state index is 11.6. The molecule has 1 heterocycles. The zero-order valence-corrected chi connectivity index (χ0v) is 16.1. The van der Waals surface area contributed by atoms with Crippen LogP contribution in [0, 0.1) is 6.92 Å². The monoisotopic (exact) mass is 406 g/mol. The van der Waals surface area contributed by atoms with Crippen LogP contribution in [0.3, 0.4) is 0 Å². The first-order valence-electron chi connectivity index (χ1n) is 7.90. The van der Waals surface area contributed by atoms with Crippen molar-refractivity contribution in [1.29, 1.82) is 0 Å². The number of aromatic nitrogens is 3. The van der Waals surface area contributed by atoms with E-state index in [1.54, 1.807) is 31.3 Å². The van der Waals surface area contributed by atoms with Gasteiger partial charge in [0.1, 0.15) is 12.4 Å². The first-order valence-corrected chi connectivity index (χ1v) is 8.66. The van der Waals surface area contributed by atoms with Crippen LogP contribution < -0.4 is 16.2 Å². The molecule has 140 valence electrons. The van der Waals surface area contributed by atoms with Crippen molar-refractivity contribution in [3.63, 3.8) is 0 Å². The van der Waals surface area contributed by atoms with Gasteiger partial charge in [-0.15, -0.1) is 0 Å². The van der Waals surface area contributed by atoms with Gasteiger partial charge in [0, 0.05) is 28.2 Å². The number of nitrogens with zero attached hydrogens (tertiary/aromatic N) is 2. The lowest BCUT2D eigenvalue weighted by Crippen LogP contribution is -2.15. The van der Waals surface area contributed by atoms with Gasteiger partial charge in [-0.2, -0.15) is 5.10 Å². The summed E-state index contributed by atoms with van der Waals surface area (Å²) in [5.74, 6) is 0.346. The van der Waals surface area contributed by atoms with E-state index < -0.39 is 5.91 Å². The number of nitrogens with two attached hydrogens (primary N) is 1. The first kappa shape index (κ1) is 19.0. The van der Waals surface area contributed by atoms with Gasteiger partial charge in [0.25, 0.3) is 0 Å². The lowest BCUT2D eigenvalue weighted by atomic mass is 10.0. The Hall–Kier alpha value is -2.77. The highest BCUT2D eigenvalue weighted by atomic mass is 35.5. The van der Waals surface area contributed by atoms with Crippen molar-refractivity contribution in [2.75, 3.05) is 0 Å². The van der Waals surface area contributed by atoms with E-state index in [-0.39, 0.29) is 17.9 Å². The Bertz CT molecular complexity index is 1090. The Morgan fingerprint density at radius 1 is 1.26 bits per heavy atom. The average molecular weight is 407 g/mol. The van der Waals surface area contributed by atoms with Gasteiger partial charge in [0.05, 0.1) is 0 Å². The molecule has 0 saturated carbocycles. The number of halogens is 2. The van der Waals surface area contributed by atoms with Crippen molar-refractivity contribution in [2.24, 2.45) is 12.8 Å². The minimum atomic E-state index is -0.592. The lowest BCUT2D eigenvalue weighted by Gasteiger charge is -2.14. The van der Waals surface area contributed by atoms with E-state index >= 15 is 0 Å². The molecule has 3 N–H and O–H groups in total. The van der Waals surface area contributed by atoms with E-state index in [1.807, 2.05) is 6.92 Å². The van der Waals surface area contributed by atoms with Gasteiger partial charge in [-0.25, -0.2) is 9.89 Å². The quantitative estimate of drug-likeness (QED) is 0.679. The Labute approximate surface area is 164 Å². The number of carbonyl (C=O) groups is 1. The molecule has 0 aliphatic carbocycles. The smallest absolute Gasteiger partial charge is 0.343 e.